The normalized spacial score (nSPS) is 14.9. The van der Waals surface area contributed by atoms with Gasteiger partial charge in [0.25, 0.3) is 0 Å². The number of ether oxygens (including phenoxy) is 2. The van der Waals surface area contributed by atoms with Crippen LogP contribution < -0.4 is 11.1 Å². The van der Waals surface area contributed by atoms with Crippen LogP contribution in [-0.2, 0) is 14.3 Å². The summed E-state index contributed by atoms with van der Waals surface area (Å²) in [5.74, 6) is -0.161. The van der Waals surface area contributed by atoms with Crippen molar-refractivity contribution in [2.24, 2.45) is 5.73 Å². The van der Waals surface area contributed by atoms with Gasteiger partial charge < -0.3 is 20.5 Å². The highest BCUT2D eigenvalue weighted by Gasteiger charge is 2.13. The maximum Gasteiger partial charge on any atom is 0.237 e. The van der Waals surface area contributed by atoms with E-state index in [-0.39, 0.29) is 12.0 Å². The maximum absolute atomic E-state index is 11.3. The van der Waals surface area contributed by atoms with Gasteiger partial charge in [-0.2, -0.15) is 0 Å². The third-order valence-corrected chi connectivity index (χ3v) is 1.94. The molecule has 2 atom stereocenters. The first-order chi connectivity index (χ1) is 6.61. The summed E-state index contributed by atoms with van der Waals surface area (Å²) < 4.78 is 9.81. The van der Waals surface area contributed by atoms with Gasteiger partial charge in [0.05, 0.1) is 12.1 Å². The number of hydrogen-bond donors (Lipinski definition) is 2. The van der Waals surface area contributed by atoms with Gasteiger partial charge in [0.1, 0.15) is 0 Å². The van der Waals surface area contributed by atoms with Crippen molar-refractivity contribution in [2.45, 2.75) is 25.5 Å². The number of rotatable bonds is 7. The summed E-state index contributed by atoms with van der Waals surface area (Å²) in [4.78, 5) is 11.3. The highest BCUT2D eigenvalue weighted by molar-refractivity contribution is 5.81. The lowest BCUT2D eigenvalue weighted by molar-refractivity contribution is -0.123. The highest BCUT2D eigenvalue weighted by Crippen LogP contribution is 1.90. The molecular weight excluding hydrogens is 184 g/mol. The van der Waals surface area contributed by atoms with Crippen molar-refractivity contribution < 1.29 is 14.3 Å². The number of hydrogen-bond acceptors (Lipinski definition) is 4. The molecule has 0 spiro atoms. The van der Waals surface area contributed by atoms with Crippen molar-refractivity contribution in [3.63, 3.8) is 0 Å². The van der Waals surface area contributed by atoms with Gasteiger partial charge in [-0.3, -0.25) is 4.79 Å². The fraction of sp³-hybridized carbons (Fsp3) is 0.889. The molecule has 0 aliphatic carbocycles. The predicted octanol–water partition coefficient (Wildman–Crippen LogP) is -0.499. The molecule has 1 amide bonds. The molecule has 0 heterocycles. The standard InChI is InChI=1S/C9H20N2O3/c1-7(14-3)6-11-9(12)8(10)4-5-13-2/h7-8H,4-6,10H2,1-3H3,(H,11,12). The number of carbonyl (C=O) groups excluding carboxylic acids is 1. The minimum absolute atomic E-state index is 0.00794. The van der Waals surface area contributed by atoms with Gasteiger partial charge in [-0.05, 0) is 13.3 Å². The maximum atomic E-state index is 11.3. The smallest absolute Gasteiger partial charge is 0.237 e. The van der Waals surface area contributed by atoms with E-state index in [1.165, 1.54) is 0 Å². The largest absolute Gasteiger partial charge is 0.385 e. The average molecular weight is 204 g/mol. The Labute approximate surface area is 84.9 Å². The quantitative estimate of drug-likeness (QED) is 0.586. The molecule has 0 radical (unpaired) electrons. The van der Waals surface area contributed by atoms with Crippen LogP contribution in [0.5, 0.6) is 0 Å². The lowest BCUT2D eigenvalue weighted by atomic mass is 10.2. The number of nitrogens with two attached hydrogens (primary N) is 1. The molecule has 0 aromatic heterocycles. The van der Waals surface area contributed by atoms with E-state index in [0.29, 0.717) is 19.6 Å². The van der Waals surface area contributed by atoms with Gasteiger partial charge in [0.2, 0.25) is 5.91 Å². The Kier molecular flexibility index (Phi) is 7.37. The second-order valence-electron chi connectivity index (χ2n) is 3.18. The van der Waals surface area contributed by atoms with Crippen LogP contribution in [0, 0.1) is 0 Å². The summed E-state index contributed by atoms with van der Waals surface area (Å²) >= 11 is 0. The van der Waals surface area contributed by atoms with Gasteiger partial charge in [-0.15, -0.1) is 0 Å². The Bertz CT molecular complexity index is 164. The van der Waals surface area contributed by atoms with Crippen LogP contribution in [0.15, 0.2) is 0 Å². The topological polar surface area (TPSA) is 73.6 Å². The minimum atomic E-state index is -0.501. The van der Waals surface area contributed by atoms with E-state index in [9.17, 15) is 4.79 Å². The van der Waals surface area contributed by atoms with Crippen molar-refractivity contribution in [3.05, 3.63) is 0 Å². The van der Waals surface area contributed by atoms with E-state index in [1.807, 2.05) is 6.92 Å². The van der Waals surface area contributed by atoms with E-state index in [0.717, 1.165) is 0 Å². The van der Waals surface area contributed by atoms with Gasteiger partial charge in [-0.1, -0.05) is 0 Å². The molecule has 0 aromatic rings. The van der Waals surface area contributed by atoms with Crippen molar-refractivity contribution >= 4 is 5.91 Å². The molecule has 5 heteroatoms. The lowest BCUT2D eigenvalue weighted by Crippen LogP contribution is -2.43. The molecule has 0 bridgehead atoms. The Morgan fingerprint density at radius 1 is 1.50 bits per heavy atom. The molecule has 3 N–H and O–H groups in total. The first kappa shape index (κ1) is 13.4. The second-order valence-corrected chi connectivity index (χ2v) is 3.18. The summed E-state index contributed by atoms with van der Waals surface area (Å²) in [6.07, 6.45) is 0.539. The summed E-state index contributed by atoms with van der Waals surface area (Å²) in [5, 5.41) is 2.70. The Balaban J connectivity index is 3.61. The SMILES string of the molecule is COCCC(N)C(=O)NCC(C)OC. The Hall–Kier alpha value is -0.650. The molecule has 5 nitrogen and oxygen atoms in total. The van der Waals surface area contributed by atoms with Gasteiger partial charge in [0.15, 0.2) is 0 Å². The summed E-state index contributed by atoms with van der Waals surface area (Å²) in [5.41, 5.74) is 5.60. The van der Waals surface area contributed by atoms with Gasteiger partial charge in [0, 0.05) is 27.4 Å². The molecule has 0 saturated carbocycles. The van der Waals surface area contributed by atoms with Crippen molar-refractivity contribution in [3.8, 4) is 0 Å². The van der Waals surface area contributed by atoms with E-state index in [4.69, 9.17) is 15.2 Å². The predicted molar refractivity (Wildman–Crippen MR) is 53.9 cm³/mol. The van der Waals surface area contributed by atoms with Crippen LogP contribution in [0.4, 0.5) is 0 Å². The number of nitrogens with one attached hydrogen (secondary N) is 1. The van der Waals surface area contributed by atoms with E-state index < -0.39 is 6.04 Å². The Morgan fingerprint density at radius 2 is 2.14 bits per heavy atom. The van der Waals surface area contributed by atoms with Crippen molar-refractivity contribution in [2.75, 3.05) is 27.4 Å². The van der Waals surface area contributed by atoms with Crippen LogP contribution in [0.25, 0.3) is 0 Å². The van der Waals surface area contributed by atoms with Crippen LogP contribution >= 0.6 is 0 Å². The highest BCUT2D eigenvalue weighted by atomic mass is 16.5. The number of carbonyl (C=O) groups is 1. The zero-order chi connectivity index (χ0) is 11.0. The first-order valence-corrected chi connectivity index (χ1v) is 4.66. The number of amides is 1. The van der Waals surface area contributed by atoms with Crippen LogP contribution in [0.2, 0.25) is 0 Å². The number of methoxy groups -OCH3 is 2. The molecule has 0 aromatic carbocycles. The summed E-state index contributed by atoms with van der Waals surface area (Å²) in [7, 11) is 3.18. The average Bonchev–Trinajstić information content (AvgIpc) is 2.21. The second kappa shape index (κ2) is 7.73. The van der Waals surface area contributed by atoms with E-state index >= 15 is 0 Å². The van der Waals surface area contributed by atoms with Gasteiger partial charge >= 0.3 is 0 Å². The monoisotopic (exact) mass is 204 g/mol. The Morgan fingerprint density at radius 3 is 2.64 bits per heavy atom. The molecule has 2 unspecified atom stereocenters. The third-order valence-electron chi connectivity index (χ3n) is 1.94. The molecule has 0 fully saturated rings. The summed E-state index contributed by atoms with van der Waals surface area (Å²) in [6.45, 7) is 2.85. The lowest BCUT2D eigenvalue weighted by Gasteiger charge is -2.14. The van der Waals surface area contributed by atoms with E-state index in [1.54, 1.807) is 14.2 Å². The van der Waals surface area contributed by atoms with Crippen LogP contribution in [0.1, 0.15) is 13.3 Å². The zero-order valence-corrected chi connectivity index (χ0v) is 9.08. The van der Waals surface area contributed by atoms with E-state index in [2.05, 4.69) is 5.32 Å². The fourth-order valence-corrected chi connectivity index (χ4v) is 0.835. The molecule has 0 aliphatic heterocycles. The minimum Gasteiger partial charge on any atom is -0.385 e. The van der Waals surface area contributed by atoms with Crippen LogP contribution in [-0.4, -0.2) is 45.4 Å². The fourth-order valence-electron chi connectivity index (χ4n) is 0.835. The molecule has 14 heavy (non-hydrogen) atoms. The third kappa shape index (κ3) is 5.90. The van der Waals surface area contributed by atoms with Crippen molar-refractivity contribution in [1.82, 2.24) is 5.32 Å². The zero-order valence-electron chi connectivity index (χ0n) is 9.08. The molecule has 0 rings (SSSR count). The van der Waals surface area contributed by atoms with Crippen molar-refractivity contribution in [1.29, 1.82) is 0 Å². The molecule has 0 saturated heterocycles. The first-order valence-electron chi connectivity index (χ1n) is 4.66. The molecule has 0 aliphatic rings. The van der Waals surface area contributed by atoms with Crippen LogP contribution in [0.3, 0.4) is 0 Å². The molecule has 84 valence electrons. The summed E-state index contributed by atoms with van der Waals surface area (Å²) in [6, 6.07) is -0.501. The molecular formula is C9H20N2O3. The van der Waals surface area contributed by atoms with Gasteiger partial charge in [-0.25, -0.2) is 0 Å².